The molecule has 0 atom stereocenters. The molecule has 0 aromatic heterocycles. The number of hydrogen-bond acceptors (Lipinski definition) is 4. The van der Waals surface area contributed by atoms with Crippen LogP contribution in [0.3, 0.4) is 0 Å². The van der Waals surface area contributed by atoms with E-state index in [0.717, 1.165) is 5.56 Å². The highest BCUT2D eigenvalue weighted by molar-refractivity contribution is 6.31. The number of nitro benzene ring substituents is 1. The molecule has 0 spiro atoms. The average Bonchev–Trinajstić information content (AvgIpc) is 2.51. The Morgan fingerprint density at radius 3 is 2.59 bits per heavy atom. The van der Waals surface area contributed by atoms with E-state index >= 15 is 0 Å². The normalized spacial score (nSPS) is 10.1. The van der Waals surface area contributed by atoms with Gasteiger partial charge in [-0.15, -0.1) is 0 Å². The zero-order chi connectivity index (χ0) is 16.3. The standard InChI is InChI=1S/C15H14ClN3O3/c1-9-12(16)4-3-5-13(9)18-15(20)11-8-10(19(21)22)6-7-14(11)17-2/h3-8,17H,1-2H3,(H,18,20). The predicted molar refractivity (Wildman–Crippen MR) is 86.8 cm³/mol. The Hall–Kier alpha value is -2.60. The fraction of sp³-hybridized carbons (Fsp3) is 0.133. The van der Waals surface area contributed by atoms with Crippen molar-refractivity contribution in [2.24, 2.45) is 0 Å². The quantitative estimate of drug-likeness (QED) is 0.662. The number of nitrogens with one attached hydrogen (secondary N) is 2. The fourth-order valence-electron chi connectivity index (χ4n) is 1.98. The van der Waals surface area contributed by atoms with Gasteiger partial charge in [0.2, 0.25) is 0 Å². The first-order chi connectivity index (χ1) is 10.4. The first-order valence-electron chi connectivity index (χ1n) is 6.46. The molecule has 22 heavy (non-hydrogen) atoms. The van der Waals surface area contributed by atoms with Gasteiger partial charge in [-0.3, -0.25) is 14.9 Å². The third-order valence-corrected chi connectivity index (χ3v) is 3.65. The van der Waals surface area contributed by atoms with Crippen LogP contribution in [-0.4, -0.2) is 17.9 Å². The van der Waals surface area contributed by atoms with Crippen molar-refractivity contribution >= 4 is 34.6 Å². The molecule has 0 unspecified atom stereocenters. The monoisotopic (exact) mass is 319 g/mol. The Bertz CT molecular complexity index is 747. The van der Waals surface area contributed by atoms with Crippen molar-refractivity contribution in [2.75, 3.05) is 17.7 Å². The van der Waals surface area contributed by atoms with Gasteiger partial charge in [0.1, 0.15) is 0 Å². The summed E-state index contributed by atoms with van der Waals surface area (Å²) in [5.41, 5.74) is 1.84. The van der Waals surface area contributed by atoms with Crippen LogP contribution in [-0.2, 0) is 0 Å². The van der Waals surface area contributed by atoms with Gasteiger partial charge in [0.05, 0.1) is 10.5 Å². The average molecular weight is 320 g/mol. The molecule has 0 saturated heterocycles. The molecule has 0 aliphatic heterocycles. The zero-order valence-corrected chi connectivity index (χ0v) is 12.8. The Labute approximate surface area is 132 Å². The van der Waals surface area contributed by atoms with Crippen molar-refractivity contribution in [3.8, 4) is 0 Å². The van der Waals surface area contributed by atoms with Gasteiger partial charge in [0.25, 0.3) is 11.6 Å². The number of rotatable bonds is 4. The molecule has 7 heteroatoms. The molecule has 0 fully saturated rings. The van der Waals surface area contributed by atoms with E-state index < -0.39 is 10.8 Å². The number of carbonyl (C=O) groups excluding carboxylic acids is 1. The lowest BCUT2D eigenvalue weighted by molar-refractivity contribution is -0.384. The highest BCUT2D eigenvalue weighted by Crippen LogP contribution is 2.26. The zero-order valence-electron chi connectivity index (χ0n) is 12.0. The van der Waals surface area contributed by atoms with Gasteiger partial charge < -0.3 is 10.6 Å². The van der Waals surface area contributed by atoms with Crippen molar-refractivity contribution < 1.29 is 9.72 Å². The van der Waals surface area contributed by atoms with Crippen molar-refractivity contribution in [3.05, 3.63) is 62.7 Å². The van der Waals surface area contributed by atoms with Gasteiger partial charge in [-0.1, -0.05) is 17.7 Å². The van der Waals surface area contributed by atoms with E-state index in [1.807, 2.05) is 0 Å². The van der Waals surface area contributed by atoms with Gasteiger partial charge in [-0.2, -0.15) is 0 Å². The van der Waals surface area contributed by atoms with Gasteiger partial charge in [0.15, 0.2) is 0 Å². The number of non-ortho nitro benzene ring substituents is 1. The second kappa shape index (κ2) is 6.44. The van der Waals surface area contributed by atoms with Crippen LogP contribution in [0.15, 0.2) is 36.4 Å². The Balaban J connectivity index is 2.38. The number of amides is 1. The number of benzene rings is 2. The lowest BCUT2D eigenvalue weighted by Gasteiger charge is -2.12. The van der Waals surface area contributed by atoms with Crippen LogP contribution in [0.5, 0.6) is 0 Å². The van der Waals surface area contributed by atoms with Crippen LogP contribution in [0.2, 0.25) is 5.02 Å². The highest BCUT2D eigenvalue weighted by atomic mass is 35.5. The molecular weight excluding hydrogens is 306 g/mol. The van der Waals surface area contributed by atoms with Crippen molar-refractivity contribution in [1.82, 2.24) is 0 Å². The minimum absolute atomic E-state index is 0.146. The summed E-state index contributed by atoms with van der Waals surface area (Å²) >= 11 is 6.02. The molecular formula is C15H14ClN3O3. The molecule has 2 aromatic carbocycles. The Morgan fingerprint density at radius 2 is 1.95 bits per heavy atom. The number of nitro groups is 1. The lowest BCUT2D eigenvalue weighted by Crippen LogP contribution is -2.15. The fourth-order valence-corrected chi connectivity index (χ4v) is 2.16. The number of halogens is 1. The molecule has 2 rings (SSSR count). The van der Waals surface area contributed by atoms with E-state index in [4.69, 9.17) is 11.6 Å². The summed E-state index contributed by atoms with van der Waals surface area (Å²) in [7, 11) is 1.64. The van der Waals surface area contributed by atoms with Crippen LogP contribution in [0, 0.1) is 17.0 Å². The van der Waals surface area contributed by atoms with Crippen molar-refractivity contribution in [3.63, 3.8) is 0 Å². The molecule has 6 nitrogen and oxygen atoms in total. The molecule has 2 N–H and O–H groups in total. The topological polar surface area (TPSA) is 84.3 Å². The van der Waals surface area contributed by atoms with E-state index in [-0.39, 0.29) is 11.3 Å². The maximum atomic E-state index is 12.4. The summed E-state index contributed by atoms with van der Waals surface area (Å²) in [5.74, 6) is -0.446. The first-order valence-corrected chi connectivity index (χ1v) is 6.84. The first kappa shape index (κ1) is 15.8. The highest BCUT2D eigenvalue weighted by Gasteiger charge is 2.17. The summed E-state index contributed by atoms with van der Waals surface area (Å²) < 4.78 is 0. The third-order valence-electron chi connectivity index (χ3n) is 3.24. The summed E-state index contributed by atoms with van der Waals surface area (Å²) in [6.45, 7) is 1.78. The number of anilines is 2. The molecule has 2 aromatic rings. The largest absolute Gasteiger partial charge is 0.387 e. The molecule has 0 aliphatic carbocycles. The summed E-state index contributed by atoms with van der Waals surface area (Å²) in [5, 5.41) is 17.0. The molecule has 114 valence electrons. The second-order valence-electron chi connectivity index (χ2n) is 4.60. The molecule has 0 radical (unpaired) electrons. The smallest absolute Gasteiger partial charge is 0.270 e. The Kier molecular flexibility index (Phi) is 4.62. The SMILES string of the molecule is CNc1ccc([N+](=O)[O-])cc1C(=O)Nc1cccc(Cl)c1C. The van der Waals surface area contributed by atoms with Crippen LogP contribution in [0.1, 0.15) is 15.9 Å². The minimum atomic E-state index is -0.541. The molecule has 0 aliphatic rings. The van der Waals surface area contributed by atoms with E-state index in [2.05, 4.69) is 10.6 Å². The van der Waals surface area contributed by atoms with E-state index in [0.29, 0.717) is 16.4 Å². The van der Waals surface area contributed by atoms with Crippen LogP contribution in [0.4, 0.5) is 17.1 Å². The van der Waals surface area contributed by atoms with E-state index in [9.17, 15) is 14.9 Å². The minimum Gasteiger partial charge on any atom is -0.387 e. The van der Waals surface area contributed by atoms with Crippen LogP contribution in [0.25, 0.3) is 0 Å². The van der Waals surface area contributed by atoms with Crippen LogP contribution < -0.4 is 10.6 Å². The van der Waals surface area contributed by atoms with Crippen molar-refractivity contribution in [1.29, 1.82) is 0 Å². The number of hydrogen-bond donors (Lipinski definition) is 2. The third kappa shape index (κ3) is 3.17. The summed E-state index contributed by atoms with van der Waals surface area (Å²) in [6, 6.07) is 9.23. The second-order valence-corrected chi connectivity index (χ2v) is 5.01. The van der Waals surface area contributed by atoms with Gasteiger partial charge >= 0.3 is 0 Å². The van der Waals surface area contributed by atoms with Crippen molar-refractivity contribution in [2.45, 2.75) is 6.92 Å². The maximum absolute atomic E-state index is 12.4. The maximum Gasteiger partial charge on any atom is 0.270 e. The summed E-state index contributed by atoms with van der Waals surface area (Å²) in [4.78, 5) is 22.7. The van der Waals surface area contributed by atoms with E-state index in [1.165, 1.54) is 18.2 Å². The van der Waals surface area contributed by atoms with Gasteiger partial charge in [-0.05, 0) is 30.7 Å². The summed E-state index contributed by atoms with van der Waals surface area (Å²) in [6.07, 6.45) is 0. The molecule has 0 bridgehead atoms. The van der Waals surface area contributed by atoms with Crippen LogP contribution >= 0.6 is 11.6 Å². The lowest BCUT2D eigenvalue weighted by atomic mass is 10.1. The van der Waals surface area contributed by atoms with E-state index in [1.54, 1.807) is 32.2 Å². The molecule has 1 amide bonds. The predicted octanol–water partition coefficient (Wildman–Crippen LogP) is 3.85. The molecule has 0 saturated carbocycles. The number of nitrogens with zero attached hydrogens (tertiary/aromatic N) is 1. The van der Waals surface area contributed by atoms with Gasteiger partial charge in [0, 0.05) is 35.6 Å². The Morgan fingerprint density at radius 1 is 1.23 bits per heavy atom. The van der Waals surface area contributed by atoms with Gasteiger partial charge in [-0.25, -0.2) is 0 Å². The number of carbonyl (C=O) groups is 1. The molecule has 0 heterocycles.